The van der Waals surface area contributed by atoms with Crippen LogP contribution in [0.3, 0.4) is 0 Å². The monoisotopic (exact) mass is 331 g/mol. The summed E-state index contributed by atoms with van der Waals surface area (Å²) in [5.41, 5.74) is 5.74. The van der Waals surface area contributed by atoms with E-state index in [2.05, 4.69) is 15.8 Å². The highest BCUT2D eigenvalue weighted by atomic mass is 16.3. The molecule has 1 amide bonds. The van der Waals surface area contributed by atoms with Gasteiger partial charge >= 0.3 is 0 Å². The highest BCUT2D eigenvalue weighted by Gasteiger charge is 2.03. The fourth-order valence-corrected chi connectivity index (χ4v) is 2.18. The number of rotatable bonds is 5. The first-order valence-electron chi connectivity index (χ1n) is 7.75. The molecule has 0 unspecified atom stereocenters. The lowest BCUT2D eigenvalue weighted by molar-refractivity contribution is 0.0955. The fraction of sp³-hybridized carbons (Fsp3) is 0. The number of carbonyl (C=O) groups is 1. The lowest BCUT2D eigenvalue weighted by atomic mass is 10.2. The van der Waals surface area contributed by atoms with Crippen LogP contribution in [0, 0.1) is 0 Å². The van der Waals surface area contributed by atoms with Crippen molar-refractivity contribution < 1.29 is 9.90 Å². The highest BCUT2D eigenvalue weighted by molar-refractivity contribution is 5.95. The number of nitrogens with zero attached hydrogens (tertiary/aromatic N) is 1. The van der Waals surface area contributed by atoms with E-state index in [1.165, 1.54) is 24.3 Å². The van der Waals surface area contributed by atoms with E-state index in [4.69, 9.17) is 0 Å². The summed E-state index contributed by atoms with van der Waals surface area (Å²) in [6.07, 6.45) is 1.57. The van der Waals surface area contributed by atoms with Crippen molar-refractivity contribution in [3.8, 4) is 5.75 Å². The van der Waals surface area contributed by atoms with E-state index in [0.717, 1.165) is 16.9 Å². The Labute approximate surface area is 145 Å². The second kappa shape index (κ2) is 7.79. The van der Waals surface area contributed by atoms with Gasteiger partial charge in [-0.05, 0) is 54.1 Å². The van der Waals surface area contributed by atoms with Crippen LogP contribution >= 0.6 is 0 Å². The summed E-state index contributed by atoms with van der Waals surface area (Å²) in [4.78, 5) is 11.9. The molecule has 0 aromatic heterocycles. The van der Waals surface area contributed by atoms with Crippen molar-refractivity contribution in [2.45, 2.75) is 0 Å². The summed E-state index contributed by atoms with van der Waals surface area (Å²) < 4.78 is 0. The molecule has 25 heavy (non-hydrogen) atoms. The zero-order valence-electron chi connectivity index (χ0n) is 13.4. The number of aromatic hydroxyl groups is 1. The minimum atomic E-state index is -0.335. The topological polar surface area (TPSA) is 73.7 Å². The lowest BCUT2D eigenvalue weighted by Crippen LogP contribution is -2.17. The first-order valence-corrected chi connectivity index (χ1v) is 7.75. The number of phenolic OH excluding ortho intramolecular Hbond substituents is 1. The quantitative estimate of drug-likeness (QED) is 0.490. The Kier molecular flexibility index (Phi) is 5.07. The maximum atomic E-state index is 11.9. The summed E-state index contributed by atoms with van der Waals surface area (Å²) in [5, 5.41) is 16.5. The van der Waals surface area contributed by atoms with Gasteiger partial charge in [-0.2, -0.15) is 5.10 Å². The molecule has 0 saturated carbocycles. The SMILES string of the molecule is O=C(N/N=C/c1ccc(Nc2ccccc2)cc1)c1ccc(O)cc1. The van der Waals surface area contributed by atoms with Gasteiger partial charge in [0.1, 0.15) is 5.75 Å². The van der Waals surface area contributed by atoms with E-state index in [9.17, 15) is 9.90 Å². The third-order valence-electron chi connectivity index (χ3n) is 3.48. The average Bonchev–Trinajstić information content (AvgIpc) is 2.64. The van der Waals surface area contributed by atoms with Crippen LogP contribution < -0.4 is 10.7 Å². The Morgan fingerprint density at radius 3 is 2.16 bits per heavy atom. The van der Waals surface area contributed by atoms with E-state index < -0.39 is 0 Å². The van der Waals surface area contributed by atoms with E-state index >= 15 is 0 Å². The molecule has 3 aromatic carbocycles. The largest absolute Gasteiger partial charge is 0.508 e. The van der Waals surface area contributed by atoms with Gasteiger partial charge in [-0.25, -0.2) is 5.43 Å². The van der Waals surface area contributed by atoms with Crippen LogP contribution in [-0.2, 0) is 0 Å². The highest BCUT2D eigenvalue weighted by Crippen LogP contribution is 2.16. The van der Waals surface area contributed by atoms with Crippen molar-refractivity contribution in [3.05, 3.63) is 90.0 Å². The second-order valence-corrected chi connectivity index (χ2v) is 5.36. The van der Waals surface area contributed by atoms with Gasteiger partial charge in [0.25, 0.3) is 5.91 Å². The first kappa shape index (κ1) is 16.3. The van der Waals surface area contributed by atoms with Crippen molar-refractivity contribution in [1.29, 1.82) is 0 Å². The molecule has 0 fully saturated rings. The van der Waals surface area contributed by atoms with Crippen LogP contribution in [0.4, 0.5) is 11.4 Å². The third kappa shape index (κ3) is 4.68. The molecule has 0 heterocycles. The summed E-state index contributed by atoms with van der Waals surface area (Å²) in [7, 11) is 0. The number of hydrazone groups is 1. The van der Waals surface area contributed by atoms with Gasteiger partial charge in [0, 0.05) is 16.9 Å². The number of para-hydroxylation sites is 1. The number of carbonyl (C=O) groups excluding carboxylic acids is 1. The van der Waals surface area contributed by atoms with Crippen molar-refractivity contribution in [1.82, 2.24) is 5.43 Å². The van der Waals surface area contributed by atoms with Gasteiger partial charge in [0.2, 0.25) is 0 Å². The third-order valence-corrected chi connectivity index (χ3v) is 3.48. The molecule has 3 rings (SSSR count). The number of anilines is 2. The summed E-state index contributed by atoms with van der Waals surface area (Å²) >= 11 is 0. The van der Waals surface area contributed by atoms with Crippen LogP contribution in [0.2, 0.25) is 0 Å². The van der Waals surface area contributed by atoms with E-state index in [1.807, 2.05) is 54.6 Å². The predicted octanol–water partition coefficient (Wildman–Crippen LogP) is 3.90. The predicted molar refractivity (Wildman–Crippen MR) is 99.3 cm³/mol. The van der Waals surface area contributed by atoms with E-state index in [-0.39, 0.29) is 11.7 Å². The Morgan fingerprint density at radius 2 is 1.48 bits per heavy atom. The molecule has 5 heteroatoms. The van der Waals surface area contributed by atoms with E-state index in [1.54, 1.807) is 6.21 Å². The number of benzene rings is 3. The molecule has 0 bridgehead atoms. The molecule has 0 spiro atoms. The minimum absolute atomic E-state index is 0.115. The maximum Gasteiger partial charge on any atom is 0.271 e. The zero-order chi connectivity index (χ0) is 17.5. The minimum Gasteiger partial charge on any atom is -0.508 e. The van der Waals surface area contributed by atoms with Crippen LogP contribution in [-0.4, -0.2) is 17.2 Å². The van der Waals surface area contributed by atoms with Crippen LogP contribution in [0.5, 0.6) is 5.75 Å². The molecule has 3 N–H and O–H groups in total. The van der Waals surface area contributed by atoms with Gasteiger partial charge in [0.05, 0.1) is 6.21 Å². The molecule has 0 aliphatic heterocycles. The van der Waals surface area contributed by atoms with Gasteiger partial charge in [0.15, 0.2) is 0 Å². The number of hydrogen-bond donors (Lipinski definition) is 3. The van der Waals surface area contributed by atoms with Gasteiger partial charge in [-0.3, -0.25) is 4.79 Å². The van der Waals surface area contributed by atoms with Crippen molar-refractivity contribution >= 4 is 23.5 Å². The molecule has 0 aliphatic rings. The number of nitrogens with one attached hydrogen (secondary N) is 2. The fourth-order valence-electron chi connectivity index (χ4n) is 2.18. The molecule has 5 nitrogen and oxygen atoms in total. The number of phenols is 1. The zero-order valence-corrected chi connectivity index (χ0v) is 13.4. The van der Waals surface area contributed by atoms with Crippen LogP contribution in [0.1, 0.15) is 15.9 Å². The van der Waals surface area contributed by atoms with Crippen LogP contribution in [0.15, 0.2) is 84.0 Å². The molecule has 0 atom stereocenters. The summed E-state index contributed by atoms with van der Waals surface area (Å²) in [6.45, 7) is 0. The summed E-state index contributed by atoms with van der Waals surface area (Å²) in [6, 6.07) is 23.6. The smallest absolute Gasteiger partial charge is 0.271 e. The molecule has 124 valence electrons. The van der Waals surface area contributed by atoms with Gasteiger partial charge < -0.3 is 10.4 Å². The van der Waals surface area contributed by atoms with Crippen molar-refractivity contribution in [2.75, 3.05) is 5.32 Å². The molecule has 0 radical (unpaired) electrons. The molecule has 0 aliphatic carbocycles. The molecular formula is C20H17N3O2. The maximum absolute atomic E-state index is 11.9. The second-order valence-electron chi connectivity index (χ2n) is 5.36. The number of amides is 1. The van der Waals surface area contributed by atoms with Gasteiger partial charge in [-0.15, -0.1) is 0 Å². The Morgan fingerprint density at radius 1 is 0.840 bits per heavy atom. The molecular weight excluding hydrogens is 314 g/mol. The Hall–Kier alpha value is -3.60. The van der Waals surface area contributed by atoms with E-state index in [0.29, 0.717) is 5.56 Å². The Balaban J connectivity index is 1.56. The number of hydrogen-bond acceptors (Lipinski definition) is 4. The standard InChI is InChI=1S/C20H17N3O2/c24-19-12-8-16(9-13-19)20(25)23-21-14-15-6-10-18(11-7-15)22-17-4-2-1-3-5-17/h1-14,22,24H,(H,23,25)/b21-14+. The average molecular weight is 331 g/mol. The first-order chi connectivity index (χ1) is 12.2. The van der Waals surface area contributed by atoms with Crippen molar-refractivity contribution in [3.63, 3.8) is 0 Å². The Bertz CT molecular complexity index is 858. The normalized spacial score (nSPS) is 10.6. The van der Waals surface area contributed by atoms with Crippen LogP contribution in [0.25, 0.3) is 0 Å². The van der Waals surface area contributed by atoms with Gasteiger partial charge in [-0.1, -0.05) is 30.3 Å². The lowest BCUT2D eigenvalue weighted by Gasteiger charge is -2.06. The van der Waals surface area contributed by atoms with Crippen molar-refractivity contribution in [2.24, 2.45) is 5.10 Å². The molecule has 0 saturated heterocycles. The summed E-state index contributed by atoms with van der Waals surface area (Å²) in [5.74, 6) is -0.220. The molecule has 3 aromatic rings.